The maximum atomic E-state index is 13.1. The first-order valence-electron chi connectivity index (χ1n) is 5.84. The summed E-state index contributed by atoms with van der Waals surface area (Å²) in [5.41, 5.74) is 0.908. The Bertz CT molecular complexity index is 342. The molecule has 2 atom stereocenters. The van der Waals surface area contributed by atoms with E-state index in [4.69, 9.17) is 0 Å². The van der Waals surface area contributed by atoms with Crippen molar-refractivity contribution < 1.29 is 4.39 Å². The molecule has 0 aliphatic heterocycles. The third-order valence-electron chi connectivity index (χ3n) is 3.18. The molecule has 1 fully saturated rings. The molecule has 88 valence electrons. The molecule has 3 heteroatoms. The second kappa shape index (κ2) is 5.58. The van der Waals surface area contributed by atoms with Crippen molar-refractivity contribution in [2.24, 2.45) is 0 Å². The van der Waals surface area contributed by atoms with Crippen LogP contribution in [0.25, 0.3) is 0 Å². The predicted octanol–water partition coefficient (Wildman–Crippen LogP) is 3.91. The number of rotatable bonds is 3. The van der Waals surface area contributed by atoms with Gasteiger partial charge in [0.1, 0.15) is 5.82 Å². The SMILES string of the molecule is CSC1CCCCC1Nc1cccc(F)c1. The van der Waals surface area contributed by atoms with E-state index in [2.05, 4.69) is 11.6 Å². The smallest absolute Gasteiger partial charge is 0.125 e. The number of anilines is 1. The normalized spacial score (nSPS) is 25.4. The van der Waals surface area contributed by atoms with Crippen molar-refractivity contribution >= 4 is 17.4 Å². The van der Waals surface area contributed by atoms with Crippen LogP contribution in [0.15, 0.2) is 24.3 Å². The zero-order chi connectivity index (χ0) is 11.4. The van der Waals surface area contributed by atoms with E-state index >= 15 is 0 Å². The van der Waals surface area contributed by atoms with Gasteiger partial charge in [0, 0.05) is 17.0 Å². The molecule has 0 radical (unpaired) electrons. The van der Waals surface area contributed by atoms with Gasteiger partial charge in [0.15, 0.2) is 0 Å². The monoisotopic (exact) mass is 239 g/mol. The fourth-order valence-corrected chi connectivity index (χ4v) is 3.27. The second-order valence-corrected chi connectivity index (χ2v) is 5.40. The number of benzene rings is 1. The number of halogens is 1. The van der Waals surface area contributed by atoms with Gasteiger partial charge in [-0.3, -0.25) is 0 Å². The van der Waals surface area contributed by atoms with Crippen molar-refractivity contribution in [2.75, 3.05) is 11.6 Å². The van der Waals surface area contributed by atoms with E-state index in [1.807, 2.05) is 17.8 Å². The highest BCUT2D eigenvalue weighted by Gasteiger charge is 2.23. The summed E-state index contributed by atoms with van der Waals surface area (Å²) < 4.78 is 13.1. The molecule has 0 amide bonds. The molecule has 16 heavy (non-hydrogen) atoms. The number of hydrogen-bond acceptors (Lipinski definition) is 2. The molecule has 1 nitrogen and oxygen atoms in total. The molecular weight excluding hydrogens is 221 g/mol. The van der Waals surface area contributed by atoms with Crippen LogP contribution in [0.4, 0.5) is 10.1 Å². The summed E-state index contributed by atoms with van der Waals surface area (Å²) >= 11 is 1.92. The molecule has 1 aromatic carbocycles. The predicted molar refractivity (Wildman–Crippen MR) is 69.6 cm³/mol. The van der Waals surface area contributed by atoms with Gasteiger partial charge in [-0.2, -0.15) is 11.8 Å². The summed E-state index contributed by atoms with van der Waals surface area (Å²) in [5.74, 6) is -0.165. The van der Waals surface area contributed by atoms with Gasteiger partial charge in [-0.25, -0.2) is 4.39 Å². The minimum atomic E-state index is -0.165. The third kappa shape index (κ3) is 2.91. The van der Waals surface area contributed by atoms with Crippen LogP contribution < -0.4 is 5.32 Å². The van der Waals surface area contributed by atoms with Crippen LogP contribution in [0.5, 0.6) is 0 Å². The van der Waals surface area contributed by atoms with Gasteiger partial charge >= 0.3 is 0 Å². The van der Waals surface area contributed by atoms with Gasteiger partial charge in [0.25, 0.3) is 0 Å². The lowest BCUT2D eigenvalue weighted by Crippen LogP contribution is -2.34. The van der Waals surface area contributed by atoms with Gasteiger partial charge in [-0.05, 0) is 37.3 Å². The van der Waals surface area contributed by atoms with Crippen LogP contribution in [0.2, 0.25) is 0 Å². The van der Waals surface area contributed by atoms with Crippen molar-refractivity contribution in [3.63, 3.8) is 0 Å². The Hall–Kier alpha value is -0.700. The van der Waals surface area contributed by atoms with E-state index in [-0.39, 0.29) is 5.82 Å². The van der Waals surface area contributed by atoms with Crippen molar-refractivity contribution in [3.8, 4) is 0 Å². The van der Waals surface area contributed by atoms with Crippen molar-refractivity contribution in [2.45, 2.75) is 37.0 Å². The maximum Gasteiger partial charge on any atom is 0.125 e. The molecule has 0 aromatic heterocycles. The molecule has 0 saturated heterocycles. The van der Waals surface area contributed by atoms with E-state index in [0.29, 0.717) is 11.3 Å². The minimum absolute atomic E-state index is 0.165. The number of nitrogens with one attached hydrogen (secondary N) is 1. The van der Waals surface area contributed by atoms with Gasteiger partial charge in [-0.15, -0.1) is 0 Å². The Kier molecular flexibility index (Phi) is 4.10. The lowest BCUT2D eigenvalue weighted by atomic mass is 9.94. The van der Waals surface area contributed by atoms with Crippen LogP contribution in [0.3, 0.4) is 0 Å². The number of thioether (sulfide) groups is 1. The van der Waals surface area contributed by atoms with E-state index in [9.17, 15) is 4.39 Å². The molecule has 1 aromatic rings. The third-order valence-corrected chi connectivity index (χ3v) is 4.35. The first-order chi connectivity index (χ1) is 7.79. The van der Waals surface area contributed by atoms with E-state index in [1.165, 1.54) is 31.7 Å². The van der Waals surface area contributed by atoms with Crippen LogP contribution in [-0.4, -0.2) is 17.5 Å². The second-order valence-electron chi connectivity index (χ2n) is 4.32. The summed E-state index contributed by atoms with van der Waals surface area (Å²) in [6.45, 7) is 0. The summed E-state index contributed by atoms with van der Waals surface area (Å²) in [7, 11) is 0. The molecule has 1 N–H and O–H groups in total. The fourth-order valence-electron chi connectivity index (χ4n) is 2.34. The first kappa shape index (κ1) is 11.8. The molecule has 1 aliphatic carbocycles. The Morgan fingerprint density at radius 1 is 1.31 bits per heavy atom. The minimum Gasteiger partial charge on any atom is -0.381 e. The van der Waals surface area contributed by atoms with Crippen LogP contribution in [0.1, 0.15) is 25.7 Å². The van der Waals surface area contributed by atoms with Crippen LogP contribution in [0, 0.1) is 5.82 Å². The fraction of sp³-hybridized carbons (Fsp3) is 0.538. The molecule has 0 spiro atoms. The molecule has 2 rings (SSSR count). The highest BCUT2D eigenvalue weighted by molar-refractivity contribution is 7.99. The van der Waals surface area contributed by atoms with Gasteiger partial charge in [-0.1, -0.05) is 18.9 Å². The van der Waals surface area contributed by atoms with Gasteiger partial charge in [0.2, 0.25) is 0 Å². The van der Waals surface area contributed by atoms with E-state index in [1.54, 1.807) is 12.1 Å². The van der Waals surface area contributed by atoms with E-state index in [0.717, 1.165) is 5.69 Å². The van der Waals surface area contributed by atoms with Crippen molar-refractivity contribution in [3.05, 3.63) is 30.1 Å². The highest BCUT2D eigenvalue weighted by Crippen LogP contribution is 2.29. The summed E-state index contributed by atoms with van der Waals surface area (Å²) in [6.07, 6.45) is 7.24. The quantitative estimate of drug-likeness (QED) is 0.858. The molecule has 0 heterocycles. The molecule has 2 unspecified atom stereocenters. The average molecular weight is 239 g/mol. The Labute approximate surface area is 101 Å². The van der Waals surface area contributed by atoms with E-state index < -0.39 is 0 Å². The maximum absolute atomic E-state index is 13.1. The zero-order valence-corrected chi connectivity index (χ0v) is 10.4. The largest absolute Gasteiger partial charge is 0.381 e. The molecule has 0 bridgehead atoms. The first-order valence-corrected chi connectivity index (χ1v) is 7.13. The summed E-state index contributed by atoms with van der Waals surface area (Å²) in [5, 5.41) is 4.13. The van der Waals surface area contributed by atoms with Crippen molar-refractivity contribution in [1.29, 1.82) is 0 Å². The Morgan fingerprint density at radius 3 is 2.88 bits per heavy atom. The van der Waals surface area contributed by atoms with Gasteiger partial charge in [0.05, 0.1) is 0 Å². The standard InChI is InChI=1S/C13H18FNS/c1-16-13-8-3-2-7-12(13)15-11-6-4-5-10(14)9-11/h4-6,9,12-13,15H,2-3,7-8H2,1H3. The highest BCUT2D eigenvalue weighted by atomic mass is 32.2. The Morgan fingerprint density at radius 2 is 2.12 bits per heavy atom. The topological polar surface area (TPSA) is 12.0 Å². The number of hydrogen-bond donors (Lipinski definition) is 1. The molecule has 1 saturated carbocycles. The van der Waals surface area contributed by atoms with Gasteiger partial charge < -0.3 is 5.32 Å². The zero-order valence-electron chi connectivity index (χ0n) is 9.58. The molecular formula is C13H18FNS. The lowest BCUT2D eigenvalue weighted by Gasteiger charge is -2.31. The lowest BCUT2D eigenvalue weighted by molar-refractivity contribution is 0.475. The van der Waals surface area contributed by atoms with Crippen LogP contribution in [-0.2, 0) is 0 Å². The summed E-state index contributed by atoms with van der Waals surface area (Å²) in [6, 6.07) is 7.25. The molecule has 1 aliphatic rings. The average Bonchev–Trinajstić information content (AvgIpc) is 2.30. The summed E-state index contributed by atoms with van der Waals surface area (Å²) in [4.78, 5) is 0. The van der Waals surface area contributed by atoms with Crippen molar-refractivity contribution in [1.82, 2.24) is 0 Å². The van der Waals surface area contributed by atoms with Crippen LogP contribution >= 0.6 is 11.8 Å². The Balaban J connectivity index is 2.02.